The van der Waals surface area contributed by atoms with Gasteiger partial charge in [0.05, 0.1) is 18.5 Å². The van der Waals surface area contributed by atoms with E-state index in [1.54, 1.807) is 17.9 Å². The van der Waals surface area contributed by atoms with Crippen LogP contribution in [0.5, 0.6) is 5.88 Å². The normalized spacial score (nSPS) is 16.1. The molecular weight excluding hydrogens is 383 g/mol. The summed E-state index contributed by atoms with van der Waals surface area (Å²) >= 11 is 0. The number of benzene rings is 1. The minimum atomic E-state index is -0.258. The number of aromatic nitrogens is 3. The van der Waals surface area contributed by atoms with Crippen molar-refractivity contribution in [3.63, 3.8) is 0 Å². The number of aryl methyl sites for hydroxylation is 3. The van der Waals surface area contributed by atoms with Crippen molar-refractivity contribution in [2.75, 3.05) is 13.7 Å². The van der Waals surface area contributed by atoms with Crippen molar-refractivity contribution < 1.29 is 13.9 Å². The molecule has 0 saturated carbocycles. The summed E-state index contributed by atoms with van der Waals surface area (Å²) < 4.78 is 20.9. The lowest BCUT2D eigenvalue weighted by molar-refractivity contribution is -0.133. The van der Waals surface area contributed by atoms with Crippen LogP contribution in [-0.2, 0) is 24.7 Å². The van der Waals surface area contributed by atoms with Crippen LogP contribution in [0.4, 0.5) is 4.39 Å². The summed E-state index contributed by atoms with van der Waals surface area (Å²) in [5, 5.41) is 5.28. The molecule has 0 spiro atoms. The van der Waals surface area contributed by atoms with Gasteiger partial charge in [-0.05, 0) is 68.0 Å². The van der Waals surface area contributed by atoms with Gasteiger partial charge in [0.2, 0.25) is 11.8 Å². The summed E-state index contributed by atoms with van der Waals surface area (Å²) in [4.78, 5) is 19.6. The molecule has 1 aliphatic rings. The van der Waals surface area contributed by atoms with Crippen molar-refractivity contribution in [1.29, 1.82) is 0 Å². The number of rotatable bonds is 4. The number of carbonyl (C=O) groups is 1. The maximum atomic E-state index is 13.7. The third-order valence-corrected chi connectivity index (χ3v) is 6.27. The second-order valence-corrected chi connectivity index (χ2v) is 7.99. The number of halogens is 1. The average Bonchev–Trinajstić information content (AvgIpc) is 3.04. The highest BCUT2D eigenvalue weighted by molar-refractivity contribution is 5.86. The zero-order chi connectivity index (χ0) is 21.6. The number of hydrogen-bond acceptors (Lipinski definition) is 4. The maximum Gasteiger partial charge on any atom is 0.242 e. The molecule has 30 heavy (non-hydrogen) atoms. The second-order valence-electron chi connectivity index (χ2n) is 7.99. The third kappa shape index (κ3) is 3.32. The van der Waals surface area contributed by atoms with E-state index in [9.17, 15) is 9.18 Å². The Morgan fingerprint density at radius 3 is 2.83 bits per heavy atom. The molecule has 0 aliphatic carbocycles. The summed E-state index contributed by atoms with van der Waals surface area (Å²) in [6, 6.07) is 4.75. The fourth-order valence-electron chi connectivity index (χ4n) is 4.61. The molecule has 6 nitrogen and oxygen atoms in total. The lowest BCUT2D eigenvalue weighted by atomic mass is 9.92. The van der Waals surface area contributed by atoms with E-state index in [-0.39, 0.29) is 17.8 Å². The van der Waals surface area contributed by atoms with E-state index in [0.29, 0.717) is 25.3 Å². The second kappa shape index (κ2) is 7.70. The Bertz CT molecular complexity index is 1140. The van der Waals surface area contributed by atoms with Crippen LogP contribution >= 0.6 is 0 Å². The van der Waals surface area contributed by atoms with E-state index < -0.39 is 0 Å². The lowest BCUT2D eigenvalue weighted by Gasteiger charge is -2.35. The Morgan fingerprint density at radius 2 is 2.10 bits per heavy atom. The number of nitrogens with zero attached hydrogens (tertiary/aromatic N) is 4. The van der Waals surface area contributed by atoms with Gasteiger partial charge in [-0.25, -0.2) is 14.1 Å². The number of hydrogen-bond donors (Lipinski definition) is 0. The van der Waals surface area contributed by atoms with E-state index >= 15 is 0 Å². The van der Waals surface area contributed by atoms with E-state index in [2.05, 4.69) is 5.10 Å². The molecule has 158 valence electrons. The minimum absolute atomic E-state index is 0.0782. The zero-order valence-corrected chi connectivity index (χ0v) is 18.1. The highest BCUT2D eigenvalue weighted by Gasteiger charge is 2.28. The van der Waals surface area contributed by atoms with Gasteiger partial charge in [0.15, 0.2) is 5.65 Å². The Morgan fingerprint density at radius 1 is 1.33 bits per heavy atom. The number of pyridine rings is 1. The van der Waals surface area contributed by atoms with E-state index in [1.807, 2.05) is 38.8 Å². The topological polar surface area (TPSA) is 60.2 Å². The number of ether oxygens (including phenoxy) is 1. The van der Waals surface area contributed by atoms with Crippen molar-refractivity contribution in [1.82, 2.24) is 19.7 Å². The molecule has 2 aromatic heterocycles. The van der Waals surface area contributed by atoms with Gasteiger partial charge in [0.25, 0.3) is 0 Å². The molecule has 0 N–H and O–H groups in total. The zero-order valence-electron chi connectivity index (χ0n) is 18.1. The van der Waals surface area contributed by atoms with Crippen LogP contribution in [0.2, 0.25) is 0 Å². The molecule has 7 heteroatoms. The third-order valence-electron chi connectivity index (χ3n) is 6.27. The Balaban J connectivity index is 1.56. The Labute approximate surface area is 175 Å². The quantitative estimate of drug-likeness (QED) is 0.656. The first-order valence-electron chi connectivity index (χ1n) is 10.3. The molecule has 1 aliphatic heterocycles. The first kappa shape index (κ1) is 20.3. The molecule has 4 rings (SSSR count). The summed E-state index contributed by atoms with van der Waals surface area (Å²) in [7, 11) is 3.45. The molecule has 0 saturated heterocycles. The van der Waals surface area contributed by atoms with Crippen molar-refractivity contribution in [3.8, 4) is 5.88 Å². The summed E-state index contributed by atoms with van der Waals surface area (Å²) in [6.07, 6.45) is 1.73. The van der Waals surface area contributed by atoms with Gasteiger partial charge in [-0.1, -0.05) is 6.07 Å². The average molecular weight is 410 g/mol. The van der Waals surface area contributed by atoms with E-state index in [0.717, 1.165) is 45.4 Å². The smallest absolute Gasteiger partial charge is 0.242 e. The van der Waals surface area contributed by atoms with Crippen molar-refractivity contribution >= 4 is 16.9 Å². The van der Waals surface area contributed by atoms with Crippen LogP contribution in [0, 0.1) is 19.7 Å². The molecule has 3 heterocycles. The fourth-order valence-corrected chi connectivity index (χ4v) is 4.61. The molecule has 1 amide bonds. The largest absolute Gasteiger partial charge is 0.479 e. The summed E-state index contributed by atoms with van der Waals surface area (Å²) in [5.74, 6) is 0.369. The van der Waals surface area contributed by atoms with Crippen molar-refractivity contribution in [2.45, 2.75) is 46.1 Å². The molecule has 1 atom stereocenters. The lowest BCUT2D eigenvalue weighted by Crippen LogP contribution is -2.39. The van der Waals surface area contributed by atoms with Gasteiger partial charge in [0.1, 0.15) is 5.82 Å². The molecule has 0 fully saturated rings. The van der Waals surface area contributed by atoms with Gasteiger partial charge in [-0.2, -0.15) is 0 Å². The highest BCUT2D eigenvalue weighted by Crippen LogP contribution is 2.32. The summed E-state index contributed by atoms with van der Waals surface area (Å²) in [6.45, 7) is 6.63. The van der Waals surface area contributed by atoms with Crippen LogP contribution in [0.15, 0.2) is 18.2 Å². The molecule has 1 unspecified atom stereocenters. The van der Waals surface area contributed by atoms with Gasteiger partial charge in [-0.15, -0.1) is 5.10 Å². The van der Waals surface area contributed by atoms with Crippen molar-refractivity contribution in [3.05, 3.63) is 52.0 Å². The first-order chi connectivity index (χ1) is 14.3. The fraction of sp³-hybridized carbons (Fsp3) is 0.435. The Kier molecular flexibility index (Phi) is 5.22. The summed E-state index contributed by atoms with van der Waals surface area (Å²) in [5.41, 5.74) is 5.81. The minimum Gasteiger partial charge on any atom is -0.479 e. The van der Waals surface area contributed by atoms with Crippen molar-refractivity contribution in [2.24, 2.45) is 7.05 Å². The first-order valence-corrected chi connectivity index (χ1v) is 10.3. The van der Waals surface area contributed by atoms with Gasteiger partial charge in [0, 0.05) is 25.7 Å². The molecule has 0 radical (unpaired) electrons. The maximum absolute atomic E-state index is 13.7. The molecule has 3 aromatic rings. The van der Waals surface area contributed by atoms with E-state index in [4.69, 9.17) is 9.72 Å². The number of carbonyl (C=O) groups excluding carboxylic acids is 1. The molecular formula is C23H27FN4O2. The SMILES string of the molecule is COc1nn(C)c2nc(C)c(CCC(=O)N3CCc4ccc(F)cc4C3C)c(C)c12. The van der Waals surface area contributed by atoms with E-state index in [1.165, 1.54) is 6.07 Å². The predicted molar refractivity (Wildman–Crippen MR) is 113 cm³/mol. The van der Waals surface area contributed by atoms with Gasteiger partial charge < -0.3 is 9.64 Å². The molecule has 1 aromatic carbocycles. The monoisotopic (exact) mass is 410 g/mol. The van der Waals surface area contributed by atoms with Crippen LogP contribution < -0.4 is 4.74 Å². The highest BCUT2D eigenvalue weighted by atomic mass is 19.1. The standard InChI is InChI=1S/C23H27FN4O2/c1-13-18(14(2)25-22-21(13)23(30-5)26-27(22)4)8-9-20(29)28-11-10-16-6-7-17(24)12-19(16)15(28)3/h6-7,12,15H,8-11H2,1-5H3. The number of amides is 1. The predicted octanol–water partition coefficient (Wildman–Crippen LogP) is 3.81. The number of methoxy groups -OCH3 is 1. The molecule has 0 bridgehead atoms. The number of fused-ring (bicyclic) bond motifs is 2. The Hall–Kier alpha value is -2.96. The van der Waals surface area contributed by atoms with Gasteiger partial charge >= 0.3 is 0 Å². The van der Waals surface area contributed by atoms with Crippen LogP contribution in [0.3, 0.4) is 0 Å². The van der Waals surface area contributed by atoms with Crippen LogP contribution in [-0.4, -0.2) is 39.2 Å². The van der Waals surface area contributed by atoms with Gasteiger partial charge in [-0.3, -0.25) is 4.79 Å². The van der Waals surface area contributed by atoms with Crippen LogP contribution in [0.25, 0.3) is 11.0 Å². The van der Waals surface area contributed by atoms with Crippen LogP contribution in [0.1, 0.15) is 47.3 Å².